The van der Waals surface area contributed by atoms with Crippen LogP contribution in [0.4, 0.5) is 74.6 Å². The summed E-state index contributed by atoms with van der Waals surface area (Å²) in [5.74, 6) is -51.9. The molecule has 0 aliphatic heterocycles. The fraction of sp³-hybridized carbons (Fsp3) is 0.524. The van der Waals surface area contributed by atoms with Gasteiger partial charge in [0, 0.05) is 28.2 Å². The molecular weight excluding hydrogens is 687 g/mol. The number of rotatable bonds is 10. The van der Waals surface area contributed by atoms with Gasteiger partial charge in [-0.1, -0.05) is 30.3 Å². The fourth-order valence-corrected chi connectivity index (χ4v) is 7.73. The molecule has 3 nitrogen and oxygen atoms in total. The predicted molar refractivity (Wildman–Crippen MR) is 119 cm³/mol. The van der Waals surface area contributed by atoms with Gasteiger partial charge in [0.2, 0.25) is 0 Å². The Bertz CT molecular complexity index is 1480. The maximum Gasteiger partial charge on any atom is 0.486 e. The lowest BCUT2D eigenvalue weighted by Gasteiger charge is -2.42. The molecular formula is C21H16F17O3S2+. The van der Waals surface area contributed by atoms with E-state index in [1.807, 2.05) is 0 Å². The number of hydrogen-bond acceptors (Lipinski definition) is 2. The maximum absolute atomic E-state index is 14.5. The molecule has 43 heavy (non-hydrogen) atoms. The van der Waals surface area contributed by atoms with Gasteiger partial charge in [-0.3, -0.25) is 3.63 Å². The van der Waals surface area contributed by atoms with E-state index in [4.69, 9.17) is 0 Å². The zero-order chi connectivity index (χ0) is 34.3. The number of benzene rings is 2. The number of halogens is 17. The first-order valence-corrected chi connectivity index (χ1v) is 14.5. The third-order valence-electron chi connectivity index (χ3n) is 5.94. The van der Waals surface area contributed by atoms with Crippen LogP contribution in [0, 0.1) is 6.92 Å². The van der Waals surface area contributed by atoms with Gasteiger partial charge < -0.3 is 0 Å². The molecule has 0 spiro atoms. The number of aryl methyl sites for hydroxylation is 1. The van der Waals surface area contributed by atoms with E-state index in [9.17, 15) is 83.1 Å². The quantitative estimate of drug-likeness (QED) is 0.141. The summed E-state index contributed by atoms with van der Waals surface area (Å²) in [5, 5.41) is -7.34. The molecule has 0 aliphatic carbocycles. The topological polar surface area (TPSA) is 46.9 Å². The first-order valence-electron chi connectivity index (χ1n) is 10.6. The molecule has 0 amide bonds. The summed E-state index contributed by atoms with van der Waals surface area (Å²) >= 11 is 0. The molecule has 2 aromatic carbocycles. The molecule has 0 radical (unpaired) electrons. The molecule has 1 N–H and O–H groups in total. The lowest BCUT2D eigenvalue weighted by Crippen LogP contribution is -2.75. The predicted octanol–water partition coefficient (Wildman–Crippen LogP) is 8.88. The zero-order valence-corrected chi connectivity index (χ0v) is 22.6. The molecule has 2 rings (SSSR count). The number of hydrogen-bond donors (Lipinski definition) is 0. The van der Waals surface area contributed by atoms with Crippen LogP contribution in [0.15, 0.2) is 41.3 Å². The molecule has 0 saturated heterocycles. The van der Waals surface area contributed by atoms with Gasteiger partial charge in [0.15, 0.2) is 0 Å². The van der Waals surface area contributed by atoms with Crippen molar-refractivity contribution in [3.05, 3.63) is 42.0 Å². The van der Waals surface area contributed by atoms with Crippen LogP contribution in [0.3, 0.4) is 0 Å². The Hall–Kier alpha value is -2.23. The Kier molecular flexibility index (Phi) is 8.72. The van der Waals surface area contributed by atoms with Gasteiger partial charge in [0.1, 0.15) is 0 Å². The van der Waals surface area contributed by atoms with Gasteiger partial charge in [0.05, 0.1) is 4.90 Å². The van der Waals surface area contributed by atoms with Crippen molar-refractivity contribution in [3.63, 3.8) is 0 Å². The van der Waals surface area contributed by atoms with E-state index in [0.717, 1.165) is 6.07 Å². The third kappa shape index (κ3) is 5.07. The molecule has 0 bridgehead atoms. The van der Waals surface area contributed by atoms with Crippen LogP contribution < -0.4 is 0 Å². The molecule has 0 fully saturated rings. The lowest BCUT2D eigenvalue weighted by molar-refractivity contribution is -0.458. The van der Waals surface area contributed by atoms with Gasteiger partial charge in [-0.2, -0.15) is 74.6 Å². The molecule has 22 heteroatoms. The van der Waals surface area contributed by atoms with Crippen molar-refractivity contribution in [1.82, 2.24) is 0 Å². The lowest BCUT2D eigenvalue weighted by atomic mass is 9.91. The van der Waals surface area contributed by atoms with E-state index in [-0.39, 0.29) is 10.3 Å². The van der Waals surface area contributed by atoms with Gasteiger partial charge in [-0.25, -0.2) is 0 Å². The van der Waals surface area contributed by atoms with Crippen LogP contribution >= 0.6 is 10.3 Å². The van der Waals surface area contributed by atoms with Gasteiger partial charge >= 0.3 is 57.1 Å². The molecule has 248 valence electrons. The monoisotopic (exact) mass is 703 g/mol. The Morgan fingerprint density at radius 3 is 1.33 bits per heavy atom. The van der Waals surface area contributed by atoms with Crippen LogP contribution in [0.25, 0.3) is 10.8 Å². The summed E-state index contributed by atoms with van der Waals surface area (Å²) in [6.45, 7) is 1.50. The molecule has 0 atom stereocenters. The zero-order valence-electron chi connectivity index (χ0n) is 21.0. The Balaban J connectivity index is 2.67. The third-order valence-corrected chi connectivity index (χ3v) is 10.6. The average molecular weight is 703 g/mol. The Labute approximate surface area is 231 Å². The SMILES string of the molecule is Cc1ccc(S(C)(C)[OH+]S(=O)(=O)C(F)(F)C(F)(F)C(F)(F)C(F)(F)C(F)(F)C(F)(F)C(F)(F)C(F)(F)F)c2ccccc12. The first kappa shape index (κ1) is 37.0. The first-order chi connectivity index (χ1) is 18.7. The highest BCUT2D eigenvalue weighted by Gasteiger charge is 2.97. The summed E-state index contributed by atoms with van der Waals surface area (Å²) in [5.41, 5.74) is 0.477. The second-order valence-corrected chi connectivity index (χ2v) is 14.3. The van der Waals surface area contributed by atoms with E-state index in [0.29, 0.717) is 23.5 Å². The summed E-state index contributed by atoms with van der Waals surface area (Å²) in [6.07, 6.45) is -6.51. The molecule has 0 heterocycles. The molecule has 0 saturated carbocycles. The summed E-state index contributed by atoms with van der Waals surface area (Å²) in [7, 11) is -11.3. The highest BCUT2D eigenvalue weighted by atomic mass is 32.3. The number of alkyl halides is 17. The molecule has 0 aromatic heterocycles. The van der Waals surface area contributed by atoms with E-state index >= 15 is 0 Å². The minimum absolute atomic E-state index is 0.0425. The van der Waals surface area contributed by atoms with E-state index in [1.54, 1.807) is 0 Å². The van der Waals surface area contributed by atoms with Crippen molar-refractivity contribution in [1.29, 1.82) is 0 Å². The smallest absolute Gasteiger partial charge is 0.264 e. The van der Waals surface area contributed by atoms with Gasteiger partial charge in [0.25, 0.3) is 0 Å². The molecule has 0 aliphatic rings. The summed E-state index contributed by atoms with van der Waals surface area (Å²) < 4.78 is 257. The van der Waals surface area contributed by atoms with Crippen molar-refractivity contribution in [2.24, 2.45) is 0 Å². The summed E-state index contributed by atoms with van der Waals surface area (Å²) in [4.78, 5) is -0.311. The maximum atomic E-state index is 14.5. The van der Waals surface area contributed by atoms with E-state index < -0.39 is 67.4 Å². The fourth-order valence-electron chi connectivity index (χ4n) is 3.50. The van der Waals surface area contributed by atoms with Crippen molar-refractivity contribution >= 4 is 31.2 Å². The second-order valence-electron chi connectivity index (χ2n) is 9.21. The van der Waals surface area contributed by atoms with Crippen molar-refractivity contribution in [2.75, 3.05) is 12.5 Å². The van der Waals surface area contributed by atoms with Crippen molar-refractivity contribution < 1.29 is 86.7 Å². The highest BCUT2D eigenvalue weighted by Crippen LogP contribution is 2.65. The van der Waals surface area contributed by atoms with E-state index in [2.05, 4.69) is 3.63 Å². The molecule has 0 unspecified atom stereocenters. The molecule has 2 aromatic rings. The van der Waals surface area contributed by atoms with Crippen molar-refractivity contribution in [3.8, 4) is 0 Å². The number of fused-ring (bicyclic) bond motifs is 1. The summed E-state index contributed by atoms with van der Waals surface area (Å²) in [6, 6.07) is 7.69. The van der Waals surface area contributed by atoms with Crippen molar-refractivity contribution in [2.45, 2.75) is 58.8 Å². The van der Waals surface area contributed by atoms with Crippen LogP contribution in [-0.2, 0) is 10.1 Å². The minimum atomic E-state index is -8.89. The van der Waals surface area contributed by atoms with Crippen LogP contribution in [-0.4, -0.2) is 71.5 Å². The van der Waals surface area contributed by atoms with Crippen LogP contribution in [0.2, 0.25) is 0 Å². The van der Waals surface area contributed by atoms with E-state index in [1.165, 1.54) is 37.3 Å². The highest BCUT2D eigenvalue weighted by molar-refractivity contribution is 8.31. The van der Waals surface area contributed by atoms with Gasteiger partial charge in [-0.05, 0) is 23.9 Å². The standard InChI is InChI=1S/C21H15F17O3S2/c1-10-8-9-13(12-7-5-4-6-11(10)12)42(2,3)41-43(39,40)21(37,38)19(32,33)17(28,29)15(24,25)14(22,23)16(26,27)18(30,31)20(34,35)36/h4-9H,1-3H3/p+1. The average Bonchev–Trinajstić information content (AvgIpc) is 2.82. The Morgan fingerprint density at radius 2 is 0.907 bits per heavy atom. The second kappa shape index (κ2) is 10.1. The Morgan fingerprint density at radius 1 is 0.535 bits per heavy atom. The van der Waals surface area contributed by atoms with Crippen LogP contribution in [0.5, 0.6) is 0 Å². The van der Waals surface area contributed by atoms with Crippen LogP contribution in [0.1, 0.15) is 5.56 Å². The minimum Gasteiger partial charge on any atom is -0.264 e. The van der Waals surface area contributed by atoms with Gasteiger partial charge in [-0.15, -0.1) is 8.42 Å². The largest absolute Gasteiger partial charge is 0.486 e. The normalized spacial score (nSPS) is 16.1.